The predicted octanol–water partition coefficient (Wildman–Crippen LogP) is 1.67. The number of ether oxygens (including phenoxy) is 2. The number of aliphatic hydroxyl groups is 1. The third kappa shape index (κ3) is 3.03. The highest BCUT2D eigenvalue weighted by atomic mass is 16.5. The highest BCUT2D eigenvalue weighted by Crippen LogP contribution is 2.46. The van der Waals surface area contributed by atoms with Crippen molar-refractivity contribution in [2.45, 2.75) is 38.5 Å². The van der Waals surface area contributed by atoms with Crippen LogP contribution >= 0.6 is 0 Å². The lowest BCUT2D eigenvalue weighted by Gasteiger charge is -2.46. The van der Waals surface area contributed by atoms with Gasteiger partial charge in [0.2, 0.25) is 0 Å². The Bertz CT molecular complexity index is 557. The summed E-state index contributed by atoms with van der Waals surface area (Å²) < 4.78 is 11.6. The number of hydrogen-bond donors (Lipinski definition) is 2. The first kappa shape index (κ1) is 16.6. The van der Waals surface area contributed by atoms with E-state index < -0.39 is 23.7 Å². The number of benzene rings is 1. The molecular formula is C16H23NO5. The Morgan fingerprint density at radius 3 is 2.73 bits per heavy atom. The molecule has 6 nitrogen and oxygen atoms in total. The SMILES string of the molecule is CCOc1cccc2c1OC(C)(C)C(N(C)CC(=O)O)C2O. The Balaban J connectivity index is 2.42. The van der Waals surface area contributed by atoms with Crippen molar-refractivity contribution in [1.29, 1.82) is 0 Å². The zero-order valence-electron chi connectivity index (χ0n) is 13.4. The first-order valence-corrected chi connectivity index (χ1v) is 7.32. The van der Waals surface area contributed by atoms with Crippen LogP contribution in [0.5, 0.6) is 11.5 Å². The molecule has 22 heavy (non-hydrogen) atoms. The second kappa shape index (κ2) is 6.14. The number of carboxylic acid groups (broad SMARTS) is 1. The molecule has 122 valence electrons. The number of fused-ring (bicyclic) bond motifs is 1. The van der Waals surface area contributed by atoms with Crippen LogP contribution in [-0.4, -0.2) is 52.9 Å². The molecule has 0 saturated carbocycles. The second-order valence-corrected chi connectivity index (χ2v) is 6.01. The van der Waals surface area contributed by atoms with Crippen molar-refractivity contribution < 1.29 is 24.5 Å². The third-order valence-corrected chi connectivity index (χ3v) is 3.86. The molecule has 0 aromatic heterocycles. The zero-order valence-corrected chi connectivity index (χ0v) is 13.4. The van der Waals surface area contributed by atoms with Crippen LogP contribution in [0.1, 0.15) is 32.4 Å². The zero-order chi connectivity index (χ0) is 16.5. The molecule has 6 heteroatoms. The van der Waals surface area contributed by atoms with Crippen LogP contribution in [0.4, 0.5) is 0 Å². The Morgan fingerprint density at radius 1 is 1.45 bits per heavy atom. The molecule has 1 aromatic carbocycles. The number of carbonyl (C=O) groups is 1. The average Bonchev–Trinajstić information content (AvgIpc) is 2.38. The van der Waals surface area contributed by atoms with E-state index in [4.69, 9.17) is 14.6 Å². The molecule has 0 amide bonds. The highest BCUT2D eigenvalue weighted by molar-refractivity contribution is 5.69. The third-order valence-electron chi connectivity index (χ3n) is 3.86. The molecule has 0 spiro atoms. The maximum atomic E-state index is 11.0. The first-order chi connectivity index (χ1) is 10.3. The van der Waals surface area contributed by atoms with Gasteiger partial charge in [0, 0.05) is 5.56 Å². The van der Waals surface area contributed by atoms with Crippen LogP contribution < -0.4 is 9.47 Å². The van der Waals surface area contributed by atoms with Crippen molar-refractivity contribution >= 4 is 5.97 Å². The summed E-state index contributed by atoms with van der Waals surface area (Å²) in [7, 11) is 1.67. The normalized spacial score (nSPS) is 22.8. The van der Waals surface area contributed by atoms with Gasteiger partial charge in [0.25, 0.3) is 0 Å². The Morgan fingerprint density at radius 2 is 2.14 bits per heavy atom. The smallest absolute Gasteiger partial charge is 0.317 e. The number of aliphatic hydroxyl groups excluding tert-OH is 1. The molecule has 0 fully saturated rings. The molecule has 1 aliphatic heterocycles. The Hall–Kier alpha value is -1.79. The van der Waals surface area contributed by atoms with Crippen molar-refractivity contribution in [1.82, 2.24) is 4.90 Å². The van der Waals surface area contributed by atoms with Crippen LogP contribution in [0.2, 0.25) is 0 Å². The number of hydrogen-bond acceptors (Lipinski definition) is 5. The minimum Gasteiger partial charge on any atom is -0.490 e. The lowest BCUT2D eigenvalue weighted by Crippen LogP contribution is -2.57. The molecule has 1 aromatic rings. The highest BCUT2D eigenvalue weighted by Gasteiger charge is 2.46. The Labute approximate surface area is 130 Å². The van der Waals surface area contributed by atoms with Gasteiger partial charge in [0.1, 0.15) is 11.7 Å². The summed E-state index contributed by atoms with van der Waals surface area (Å²) in [5.74, 6) is 0.174. The molecular weight excluding hydrogens is 286 g/mol. The number of nitrogens with zero attached hydrogens (tertiary/aromatic N) is 1. The van der Waals surface area contributed by atoms with Gasteiger partial charge in [-0.05, 0) is 33.9 Å². The molecule has 2 unspecified atom stereocenters. The second-order valence-electron chi connectivity index (χ2n) is 6.01. The summed E-state index contributed by atoms with van der Waals surface area (Å²) in [6.45, 7) is 5.89. The molecule has 0 saturated heterocycles. The molecule has 1 heterocycles. The minimum atomic E-state index is -0.945. The number of likely N-dealkylation sites (N-methyl/N-ethyl adjacent to an activating group) is 1. The molecule has 1 aliphatic rings. The summed E-state index contributed by atoms with van der Waals surface area (Å²) in [5, 5.41) is 19.8. The lowest BCUT2D eigenvalue weighted by molar-refractivity contribution is -0.142. The summed E-state index contributed by atoms with van der Waals surface area (Å²) in [5.41, 5.74) is -0.142. The summed E-state index contributed by atoms with van der Waals surface area (Å²) in [4.78, 5) is 12.6. The van der Waals surface area contributed by atoms with Gasteiger partial charge in [-0.2, -0.15) is 0 Å². The van der Waals surface area contributed by atoms with Crippen molar-refractivity contribution in [2.75, 3.05) is 20.2 Å². The van der Waals surface area contributed by atoms with Crippen molar-refractivity contribution in [2.24, 2.45) is 0 Å². The van der Waals surface area contributed by atoms with E-state index in [1.807, 2.05) is 20.8 Å². The van der Waals surface area contributed by atoms with Crippen molar-refractivity contribution in [3.8, 4) is 11.5 Å². The van der Waals surface area contributed by atoms with Gasteiger partial charge in [-0.25, -0.2) is 0 Å². The van der Waals surface area contributed by atoms with Gasteiger partial charge >= 0.3 is 5.97 Å². The van der Waals surface area contributed by atoms with Crippen molar-refractivity contribution in [3.05, 3.63) is 23.8 Å². The van der Waals surface area contributed by atoms with Crippen LogP contribution in [-0.2, 0) is 4.79 Å². The molecule has 2 N–H and O–H groups in total. The Kier molecular flexibility index (Phi) is 4.63. The molecule has 2 rings (SSSR count). The molecule has 0 radical (unpaired) electrons. The van der Waals surface area contributed by atoms with E-state index in [9.17, 15) is 9.90 Å². The fourth-order valence-corrected chi connectivity index (χ4v) is 3.10. The van der Waals surface area contributed by atoms with Gasteiger partial charge in [-0.3, -0.25) is 9.69 Å². The average molecular weight is 309 g/mol. The summed E-state index contributed by atoms with van der Waals surface area (Å²) in [6.07, 6.45) is -0.858. The monoisotopic (exact) mass is 309 g/mol. The van der Waals surface area contributed by atoms with E-state index in [2.05, 4.69) is 0 Å². The molecule has 0 aliphatic carbocycles. The molecule has 2 atom stereocenters. The van der Waals surface area contributed by atoms with E-state index in [0.717, 1.165) is 0 Å². The van der Waals surface area contributed by atoms with Crippen molar-refractivity contribution in [3.63, 3.8) is 0 Å². The summed E-state index contributed by atoms with van der Waals surface area (Å²) >= 11 is 0. The lowest BCUT2D eigenvalue weighted by atomic mass is 9.85. The fourth-order valence-electron chi connectivity index (χ4n) is 3.10. The fraction of sp³-hybridized carbons (Fsp3) is 0.562. The number of aliphatic carboxylic acids is 1. The quantitative estimate of drug-likeness (QED) is 0.861. The van der Waals surface area contributed by atoms with Gasteiger partial charge < -0.3 is 19.7 Å². The van der Waals surface area contributed by atoms with Crippen LogP contribution in [0.25, 0.3) is 0 Å². The van der Waals surface area contributed by atoms with Crippen LogP contribution in [0, 0.1) is 0 Å². The van der Waals surface area contributed by atoms with Gasteiger partial charge in [-0.15, -0.1) is 0 Å². The molecule has 0 bridgehead atoms. The largest absolute Gasteiger partial charge is 0.490 e. The first-order valence-electron chi connectivity index (χ1n) is 7.32. The van der Waals surface area contributed by atoms with E-state index in [-0.39, 0.29) is 6.54 Å². The standard InChI is InChI=1S/C16H23NO5/c1-5-21-11-8-6-7-10-13(20)15(17(4)9-12(18)19)16(2,3)22-14(10)11/h6-8,13,15,20H,5,9H2,1-4H3,(H,18,19). The maximum Gasteiger partial charge on any atom is 0.317 e. The summed E-state index contributed by atoms with van der Waals surface area (Å²) in [6, 6.07) is 4.89. The van der Waals surface area contributed by atoms with Gasteiger partial charge in [0.05, 0.1) is 19.2 Å². The van der Waals surface area contributed by atoms with E-state index in [0.29, 0.717) is 23.7 Å². The number of para-hydroxylation sites is 1. The van der Waals surface area contributed by atoms with E-state index >= 15 is 0 Å². The minimum absolute atomic E-state index is 0.172. The topological polar surface area (TPSA) is 79.2 Å². The van der Waals surface area contributed by atoms with E-state index in [1.54, 1.807) is 30.1 Å². The van der Waals surface area contributed by atoms with E-state index in [1.165, 1.54) is 0 Å². The van der Waals surface area contributed by atoms with Crippen LogP contribution in [0.3, 0.4) is 0 Å². The predicted molar refractivity (Wildman–Crippen MR) is 81.3 cm³/mol. The van der Waals surface area contributed by atoms with Crippen LogP contribution in [0.15, 0.2) is 18.2 Å². The number of carboxylic acids is 1. The van der Waals surface area contributed by atoms with Gasteiger partial charge in [-0.1, -0.05) is 12.1 Å². The van der Waals surface area contributed by atoms with Gasteiger partial charge in [0.15, 0.2) is 11.5 Å². The maximum absolute atomic E-state index is 11.0. The number of rotatable bonds is 5.